The van der Waals surface area contributed by atoms with E-state index < -0.39 is 0 Å². The smallest absolute Gasteiger partial charge is 0.274 e. The third-order valence-electron chi connectivity index (χ3n) is 4.67. The van der Waals surface area contributed by atoms with Crippen LogP contribution in [0.5, 0.6) is 0 Å². The average molecular weight is 306 g/mol. The van der Waals surface area contributed by atoms with Crippen molar-refractivity contribution < 1.29 is 9.53 Å². The molecule has 0 bridgehead atoms. The van der Waals surface area contributed by atoms with E-state index in [4.69, 9.17) is 4.74 Å². The lowest BCUT2D eigenvalue weighted by molar-refractivity contribution is -0.0451. The number of aromatic nitrogens is 2. The maximum Gasteiger partial charge on any atom is 0.274 e. The zero-order valence-corrected chi connectivity index (χ0v) is 13.8. The van der Waals surface area contributed by atoms with Gasteiger partial charge in [-0.25, -0.2) is 0 Å². The summed E-state index contributed by atoms with van der Waals surface area (Å²) in [6.07, 6.45) is 4.93. The van der Waals surface area contributed by atoms with Gasteiger partial charge < -0.3 is 14.5 Å². The first-order valence-electron chi connectivity index (χ1n) is 8.05. The fourth-order valence-electron chi connectivity index (χ4n) is 3.82. The van der Waals surface area contributed by atoms with Crippen LogP contribution in [0.15, 0.2) is 12.3 Å². The summed E-state index contributed by atoms with van der Waals surface area (Å²) in [5.41, 5.74) is 0.394. The molecule has 22 heavy (non-hydrogen) atoms. The standard InChI is InChI=1S/C16H26N4O2/c1-18(2)10-13-9-16(22-11-13)6-4-7-20(12-16)15(21)14-5-8-19(3)17-14/h5,8,13H,4,6-7,9-12H2,1-3H3/t13-,16+/m0/s1. The fraction of sp³-hybridized carbons (Fsp3) is 0.750. The molecule has 1 spiro atoms. The molecule has 6 nitrogen and oxygen atoms in total. The second-order valence-corrected chi connectivity index (χ2v) is 7.03. The van der Waals surface area contributed by atoms with Crippen LogP contribution in [0.2, 0.25) is 0 Å². The maximum atomic E-state index is 12.6. The Labute approximate surface area is 132 Å². The van der Waals surface area contributed by atoms with Crippen LogP contribution in [-0.2, 0) is 11.8 Å². The van der Waals surface area contributed by atoms with Gasteiger partial charge >= 0.3 is 0 Å². The molecule has 0 aliphatic carbocycles. The van der Waals surface area contributed by atoms with E-state index >= 15 is 0 Å². The van der Waals surface area contributed by atoms with Gasteiger partial charge in [-0.3, -0.25) is 9.48 Å². The van der Waals surface area contributed by atoms with Crippen molar-refractivity contribution in [2.45, 2.75) is 24.9 Å². The Morgan fingerprint density at radius 2 is 2.36 bits per heavy atom. The quantitative estimate of drug-likeness (QED) is 0.836. The number of nitrogens with zero attached hydrogens (tertiary/aromatic N) is 4. The van der Waals surface area contributed by atoms with Crippen molar-refractivity contribution in [1.29, 1.82) is 0 Å². The van der Waals surface area contributed by atoms with Crippen LogP contribution in [0, 0.1) is 5.92 Å². The fourth-order valence-corrected chi connectivity index (χ4v) is 3.82. The van der Waals surface area contributed by atoms with E-state index in [-0.39, 0.29) is 11.5 Å². The zero-order valence-electron chi connectivity index (χ0n) is 13.8. The van der Waals surface area contributed by atoms with Gasteiger partial charge in [-0.1, -0.05) is 0 Å². The summed E-state index contributed by atoms with van der Waals surface area (Å²) < 4.78 is 7.84. The highest BCUT2D eigenvalue weighted by Crippen LogP contribution is 2.37. The molecule has 2 fully saturated rings. The average Bonchev–Trinajstić information content (AvgIpc) is 3.05. The normalized spacial score (nSPS) is 28.7. The molecule has 0 N–H and O–H groups in total. The number of ether oxygens (including phenoxy) is 1. The molecule has 1 aromatic rings. The van der Waals surface area contributed by atoms with Gasteiger partial charge in [-0.05, 0) is 45.3 Å². The molecular weight excluding hydrogens is 280 g/mol. The monoisotopic (exact) mass is 306 g/mol. The number of hydrogen-bond acceptors (Lipinski definition) is 4. The molecule has 0 saturated carbocycles. The van der Waals surface area contributed by atoms with Crippen LogP contribution < -0.4 is 0 Å². The lowest BCUT2D eigenvalue weighted by atomic mass is 9.86. The van der Waals surface area contributed by atoms with Crippen LogP contribution in [0.4, 0.5) is 0 Å². The highest BCUT2D eigenvalue weighted by Gasteiger charge is 2.44. The van der Waals surface area contributed by atoms with Gasteiger partial charge in [-0.2, -0.15) is 5.10 Å². The first-order chi connectivity index (χ1) is 10.5. The molecule has 2 atom stereocenters. The maximum absolute atomic E-state index is 12.6. The summed E-state index contributed by atoms with van der Waals surface area (Å²) >= 11 is 0. The first-order valence-corrected chi connectivity index (χ1v) is 8.05. The lowest BCUT2D eigenvalue weighted by Crippen LogP contribution is -2.50. The molecule has 0 unspecified atom stereocenters. The van der Waals surface area contributed by atoms with E-state index in [1.807, 2.05) is 18.1 Å². The molecule has 2 aliphatic heterocycles. The number of piperidine rings is 1. The summed E-state index contributed by atoms with van der Waals surface area (Å²) in [5, 5.41) is 4.23. The second-order valence-electron chi connectivity index (χ2n) is 7.03. The van der Waals surface area contributed by atoms with Gasteiger partial charge in [0.05, 0.1) is 18.8 Å². The van der Waals surface area contributed by atoms with E-state index in [1.165, 1.54) is 0 Å². The van der Waals surface area contributed by atoms with Crippen LogP contribution in [0.25, 0.3) is 0 Å². The van der Waals surface area contributed by atoms with Gasteiger partial charge in [0, 0.05) is 26.3 Å². The second kappa shape index (κ2) is 6.01. The van der Waals surface area contributed by atoms with Crippen LogP contribution in [-0.4, -0.2) is 71.4 Å². The van der Waals surface area contributed by atoms with Gasteiger partial charge in [0.1, 0.15) is 5.69 Å². The molecule has 0 aromatic carbocycles. The van der Waals surface area contributed by atoms with Gasteiger partial charge in [0.15, 0.2) is 0 Å². The van der Waals surface area contributed by atoms with Crippen molar-refractivity contribution in [1.82, 2.24) is 19.6 Å². The Morgan fingerprint density at radius 1 is 1.55 bits per heavy atom. The van der Waals surface area contributed by atoms with Crippen LogP contribution in [0.1, 0.15) is 29.8 Å². The SMILES string of the molecule is CN(C)C[C@H]1CO[C@]2(CCCN(C(=O)c3ccn(C)n3)C2)C1. The van der Waals surface area contributed by atoms with Crippen molar-refractivity contribution in [3.63, 3.8) is 0 Å². The van der Waals surface area contributed by atoms with Crippen LogP contribution in [0.3, 0.4) is 0 Å². The van der Waals surface area contributed by atoms with Crippen molar-refractivity contribution in [2.24, 2.45) is 13.0 Å². The van der Waals surface area contributed by atoms with Crippen molar-refractivity contribution in [2.75, 3.05) is 40.3 Å². The van der Waals surface area contributed by atoms with E-state index in [2.05, 4.69) is 24.1 Å². The Kier molecular flexibility index (Phi) is 4.23. The predicted molar refractivity (Wildman–Crippen MR) is 83.7 cm³/mol. The Morgan fingerprint density at radius 3 is 3.05 bits per heavy atom. The Hall–Kier alpha value is -1.40. The summed E-state index contributed by atoms with van der Waals surface area (Å²) in [4.78, 5) is 16.7. The summed E-state index contributed by atoms with van der Waals surface area (Å²) in [7, 11) is 6.03. The largest absolute Gasteiger partial charge is 0.373 e. The molecule has 3 rings (SSSR count). The number of aryl methyl sites for hydroxylation is 1. The minimum absolute atomic E-state index is 0.0272. The van der Waals surface area contributed by atoms with Gasteiger partial charge in [0.2, 0.25) is 0 Å². The molecule has 0 radical (unpaired) electrons. The Balaban J connectivity index is 1.66. The lowest BCUT2D eigenvalue weighted by Gasteiger charge is -2.39. The van der Waals surface area contributed by atoms with E-state index in [9.17, 15) is 4.79 Å². The van der Waals surface area contributed by atoms with Crippen molar-refractivity contribution in [3.05, 3.63) is 18.0 Å². The van der Waals surface area contributed by atoms with Crippen molar-refractivity contribution >= 4 is 5.91 Å². The Bertz CT molecular complexity index is 542. The number of carbonyl (C=O) groups excluding carboxylic acids is 1. The first kappa shape index (κ1) is 15.5. The summed E-state index contributed by atoms with van der Waals surface area (Å²) in [5.74, 6) is 0.597. The molecular formula is C16H26N4O2. The van der Waals surface area contributed by atoms with Crippen LogP contribution >= 0.6 is 0 Å². The molecule has 6 heteroatoms. The van der Waals surface area contributed by atoms with E-state index in [1.54, 1.807) is 10.7 Å². The molecule has 1 aromatic heterocycles. The summed E-state index contributed by atoms with van der Waals surface area (Å²) in [6, 6.07) is 1.79. The van der Waals surface area contributed by atoms with Crippen molar-refractivity contribution in [3.8, 4) is 0 Å². The highest BCUT2D eigenvalue weighted by molar-refractivity contribution is 5.92. The third kappa shape index (κ3) is 3.17. The topological polar surface area (TPSA) is 50.6 Å². The zero-order chi connectivity index (χ0) is 15.7. The number of amides is 1. The molecule has 122 valence electrons. The molecule has 3 heterocycles. The number of carbonyl (C=O) groups is 1. The molecule has 1 amide bonds. The van der Waals surface area contributed by atoms with E-state index in [0.29, 0.717) is 18.2 Å². The van der Waals surface area contributed by atoms with E-state index in [0.717, 1.165) is 39.0 Å². The van der Waals surface area contributed by atoms with Gasteiger partial charge in [0.25, 0.3) is 5.91 Å². The minimum Gasteiger partial charge on any atom is -0.373 e. The number of hydrogen-bond donors (Lipinski definition) is 0. The number of likely N-dealkylation sites (tertiary alicyclic amines) is 1. The third-order valence-corrected chi connectivity index (χ3v) is 4.67. The predicted octanol–water partition coefficient (Wildman–Crippen LogP) is 0.993. The molecule has 2 saturated heterocycles. The highest BCUT2D eigenvalue weighted by atomic mass is 16.5. The summed E-state index contributed by atoms with van der Waals surface area (Å²) in [6.45, 7) is 3.37. The number of rotatable bonds is 3. The molecule has 2 aliphatic rings. The van der Waals surface area contributed by atoms with Gasteiger partial charge in [-0.15, -0.1) is 0 Å². The minimum atomic E-state index is -0.136.